The number of amides is 1. The second-order valence-corrected chi connectivity index (χ2v) is 7.10. The molecule has 0 aliphatic carbocycles. The monoisotopic (exact) mass is 382 g/mol. The summed E-state index contributed by atoms with van der Waals surface area (Å²) in [4.78, 5) is 16.6. The minimum Gasteiger partial charge on any atom is -0.355 e. The summed E-state index contributed by atoms with van der Waals surface area (Å²) in [6.07, 6.45) is 1.82. The van der Waals surface area contributed by atoms with Gasteiger partial charge in [0.2, 0.25) is 0 Å². The molecule has 0 aliphatic rings. The Kier molecular flexibility index (Phi) is 5.94. The third-order valence-electron chi connectivity index (χ3n) is 4.21. The molecule has 27 heavy (non-hydrogen) atoms. The van der Waals surface area contributed by atoms with Crippen molar-refractivity contribution in [2.24, 2.45) is 0 Å². The van der Waals surface area contributed by atoms with Gasteiger partial charge in [0.1, 0.15) is 0 Å². The van der Waals surface area contributed by atoms with Crippen LogP contribution in [0, 0.1) is 6.92 Å². The number of benzene rings is 2. The topological polar surface area (TPSA) is 66.0 Å². The maximum absolute atomic E-state index is 12.2. The number of halogens is 1. The highest BCUT2D eigenvalue weighted by atomic mass is 35.5. The van der Waals surface area contributed by atoms with Crippen LogP contribution in [0.1, 0.15) is 29.8 Å². The highest BCUT2D eigenvalue weighted by molar-refractivity contribution is 6.36. The van der Waals surface area contributed by atoms with E-state index < -0.39 is 0 Å². The van der Waals surface area contributed by atoms with Gasteiger partial charge in [0.05, 0.1) is 22.9 Å². The molecule has 0 unspecified atom stereocenters. The summed E-state index contributed by atoms with van der Waals surface area (Å²) >= 11 is 6.40. The van der Waals surface area contributed by atoms with Gasteiger partial charge in [0.25, 0.3) is 5.91 Å². The van der Waals surface area contributed by atoms with E-state index in [0.29, 0.717) is 23.3 Å². The van der Waals surface area contributed by atoms with E-state index in [-0.39, 0.29) is 5.91 Å². The van der Waals surface area contributed by atoms with Crippen molar-refractivity contribution in [3.63, 3.8) is 0 Å². The first-order valence-electron chi connectivity index (χ1n) is 8.88. The largest absolute Gasteiger partial charge is 0.355 e. The molecule has 1 aromatic heterocycles. The van der Waals surface area contributed by atoms with Crippen LogP contribution in [0.15, 0.2) is 48.7 Å². The number of carbonyl (C=O) groups excluding carboxylic acids is 1. The molecule has 5 nitrogen and oxygen atoms in total. The van der Waals surface area contributed by atoms with E-state index in [2.05, 4.69) is 20.9 Å². The molecule has 0 fully saturated rings. The maximum Gasteiger partial charge on any atom is 0.252 e. The average Bonchev–Trinajstić information content (AvgIpc) is 2.64. The van der Waals surface area contributed by atoms with Crippen LogP contribution in [-0.2, 0) is 0 Å². The fourth-order valence-electron chi connectivity index (χ4n) is 2.74. The minimum atomic E-state index is -0.108. The third-order valence-corrected chi connectivity index (χ3v) is 4.52. The molecule has 3 rings (SSSR count). The van der Waals surface area contributed by atoms with E-state index in [9.17, 15) is 4.79 Å². The molecular formula is C21H23ClN4O. The fraction of sp³-hybridized carbons (Fsp3) is 0.238. The standard InChI is InChI=1S/C21H23ClN4O/c1-13(2)24-12-25-21(27)15-7-9-16(10-8-15)26-20-14(3)11-23-18-6-4-5-17(22)19(18)20/h4-11,13,24H,12H2,1-3H3,(H,23,26)(H,25,27). The van der Waals surface area contributed by atoms with Crippen LogP contribution in [0.2, 0.25) is 5.02 Å². The number of aromatic nitrogens is 1. The van der Waals surface area contributed by atoms with Crippen LogP contribution in [-0.4, -0.2) is 23.6 Å². The van der Waals surface area contributed by atoms with E-state index in [1.165, 1.54) is 0 Å². The molecule has 2 aromatic carbocycles. The quantitative estimate of drug-likeness (QED) is 0.544. The van der Waals surface area contributed by atoms with Gasteiger partial charge in [-0.3, -0.25) is 15.1 Å². The molecule has 0 atom stereocenters. The summed E-state index contributed by atoms with van der Waals surface area (Å²) in [6, 6.07) is 13.4. The van der Waals surface area contributed by atoms with Gasteiger partial charge < -0.3 is 10.6 Å². The van der Waals surface area contributed by atoms with E-state index in [4.69, 9.17) is 11.6 Å². The second kappa shape index (κ2) is 8.37. The van der Waals surface area contributed by atoms with Crippen LogP contribution >= 0.6 is 11.6 Å². The Morgan fingerprint density at radius 1 is 1.15 bits per heavy atom. The summed E-state index contributed by atoms with van der Waals surface area (Å²) in [5.41, 5.74) is 4.24. The van der Waals surface area contributed by atoms with Gasteiger partial charge in [0, 0.05) is 28.9 Å². The van der Waals surface area contributed by atoms with Crippen molar-refractivity contribution >= 4 is 39.8 Å². The molecule has 3 aromatic rings. The second-order valence-electron chi connectivity index (χ2n) is 6.69. The van der Waals surface area contributed by atoms with E-state index in [0.717, 1.165) is 27.8 Å². The van der Waals surface area contributed by atoms with Gasteiger partial charge in [-0.25, -0.2) is 0 Å². The zero-order chi connectivity index (χ0) is 19.4. The molecule has 6 heteroatoms. The lowest BCUT2D eigenvalue weighted by atomic mass is 10.1. The first-order chi connectivity index (χ1) is 13.0. The molecule has 1 amide bonds. The molecule has 0 radical (unpaired) electrons. The summed E-state index contributed by atoms with van der Waals surface area (Å²) in [5.74, 6) is -0.108. The average molecular weight is 383 g/mol. The lowest BCUT2D eigenvalue weighted by Gasteiger charge is -2.14. The lowest BCUT2D eigenvalue weighted by Crippen LogP contribution is -2.37. The highest BCUT2D eigenvalue weighted by Crippen LogP contribution is 2.33. The predicted octanol–water partition coefficient (Wildman–Crippen LogP) is 4.63. The van der Waals surface area contributed by atoms with Crippen LogP contribution in [0.5, 0.6) is 0 Å². The van der Waals surface area contributed by atoms with Crippen molar-refractivity contribution in [3.8, 4) is 0 Å². The van der Waals surface area contributed by atoms with Gasteiger partial charge in [0.15, 0.2) is 0 Å². The number of hydrogen-bond donors (Lipinski definition) is 3. The van der Waals surface area contributed by atoms with E-state index in [1.807, 2.05) is 57.3 Å². The Hall–Kier alpha value is -2.63. The molecule has 1 heterocycles. The first kappa shape index (κ1) is 19.1. The number of nitrogens with one attached hydrogen (secondary N) is 3. The number of carbonyl (C=O) groups is 1. The van der Waals surface area contributed by atoms with Crippen LogP contribution in [0.25, 0.3) is 10.9 Å². The van der Waals surface area contributed by atoms with Crippen LogP contribution in [0.4, 0.5) is 11.4 Å². The Labute approximate surface area is 164 Å². The van der Waals surface area contributed by atoms with Crippen molar-refractivity contribution < 1.29 is 4.79 Å². The number of pyridine rings is 1. The Morgan fingerprint density at radius 2 is 1.89 bits per heavy atom. The van der Waals surface area contributed by atoms with Crippen molar-refractivity contribution in [2.75, 3.05) is 12.0 Å². The molecule has 0 saturated heterocycles. The summed E-state index contributed by atoms with van der Waals surface area (Å²) in [5, 5.41) is 11.0. The zero-order valence-electron chi connectivity index (χ0n) is 15.6. The van der Waals surface area contributed by atoms with E-state index >= 15 is 0 Å². The number of rotatable bonds is 6. The highest BCUT2D eigenvalue weighted by Gasteiger charge is 2.10. The molecule has 0 aliphatic heterocycles. The molecule has 0 spiro atoms. The number of aryl methyl sites for hydroxylation is 1. The third kappa shape index (κ3) is 4.56. The lowest BCUT2D eigenvalue weighted by molar-refractivity contribution is 0.0949. The number of nitrogens with zero attached hydrogens (tertiary/aromatic N) is 1. The smallest absolute Gasteiger partial charge is 0.252 e. The van der Waals surface area contributed by atoms with Gasteiger partial charge in [-0.05, 0) is 62.7 Å². The van der Waals surface area contributed by atoms with Gasteiger partial charge >= 0.3 is 0 Å². The number of hydrogen-bond acceptors (Lipinski definition) is 4. The molecule has 3 N–H and O–H groups in total. The van der Waals surface area contributed by atoms with Crippen LogP contribution in [0.3, 0.4) is 0 Å². The van der Waals surface area contributed by atoms with Crippen molar-refractivity contribution in [2.45, 2.75) is 26.8 Å². The number of anilines is 2. The van der Waals surface area contributed by atoms with Crippen molar-refractivity contribution in [3.05, 3.63) is 64.8 Å². The van der Waals surface area contributed by atoms with Crippen molar-refractivity contribution in [1.82, 2.24) is 15.6 Å². The minimum absolute atomic E-state index is 0.108. The van der Waals surface area contributed by atoms with Gasteiger partial charge in [-0.1, -0.05) is 17.7 Å². The summed E-state index contributed by atoms with van der Waals surface area (Å²) in [7, 11) is 0. The molecule has 0 saturated carbocycles. The van der Waals surface area contributed by atoms with E-state index in [1.54, 1.807) is 12.1 Å². The normalized spacial score (nSPS) is 11.0. The summed E-state index contributed by atoms with van der Waals surface area (Å²) in [6.45, 7) is 6.49. The Balaban J connectivity index is 1.79. The first-order valence-corrected chi connectivity index (χ1v) is 9.26. The molecular weight excluding hydrogens is 360 g/mol. The predicted molar refractivity (Wildman–Crippen MR) is 112 cm³/mol. The zero-order valence-corrected chi connectivity index (χ0v) is 16.4. The fourth-order valence-corrected chi connectivity index (χ4v) is 3.01. The van der Waals surface area contributed by atoms with Crippen LogP contribution < -0.4 is 16.0 Å². The van der Waals surface area contributed by atoms with Gasteiger partial charge in [-0.2, -0.15) is 0 Å². The molecule has 0 bridgehead atoms. The Bertz CT molecular complexity index is 954. The Morgan fingerprint density at radius 3 is 2.59 bits per heavy atom. The van der Waals surface area contributed by atoms with Crippen molar-refractivity contribution in [1.29, 1.82) is 0 Å². The molecule has 140 valence electrons. The SMILES string of the molecule is Cc1cnc2cccc(Cl)c2c1Nc1ccc(C(=O)NCNC(C)C)cc1. The summed E-state index contributed by atoms with van der Waals surface area (Å²) < 4.78 is 0. The maximum atomic E-state index is 12.2. The van der Waals surface area contributed by atoms with Gasteiger partial charge in [-0.15, -0.1) is 0 Å². The number of fused-ring (bicyclic) bond motifs is 1.